The van der Waals surface area contributed by atoms with Gasteiger partial charge in [-0.3, -0.25) is 4.79 Å². The van der Waals surface area contributed by atoms with Crippen molar-refractivity contribution in [2.45, 2.75) is 0 Å². The molecule has 0 saturated carbocycles. The Morgan fingerprint density at radius 1 is 1.35 bits per heavy atom. The molecule has 2 aromatic carbocycles. The van der Waals surface area contributed by atoms with Crippen molar-refractivity contribution in [2.24, 2.45) is 0 Å². The van der Waals surface area contributed by atoms with E-state index in [1.807, 2.05) is 6.07 Å². The lowest BCUT2D eigenvalue weighted by Crippen LogP contribution is -2.13. The van der Waals surface area contributed by atoms with Gasteiger partial charge in [0.1, 0.15) is 17.4 Å². The summed E-state index contributed by atoms with van der Waals surface area (Å²) in [4.78, 5) is 12.2. The van der Waals surface area contributed by atoms with Crippen molar-refractivity contribution in [3.63, 3.8) is 0 Å². The molecule has 4 nitrogen and oxygen atoms in total. The van der Waals surface area contributed by atoms with Gasteiger partial charge in [-0.2, -0.15) is 5.26 Å². The second-order valence-electron chi connectivity index (χ2n) is 4.53. The lowest BCUT2D eigenvalue weighted by Gasteiger charge is -2.06. The summed E-state index contributed by atoms with van der Waals surface area (Å²) in [5, 5.41) is 12.4. The molecule has 0 bridgehead atoms. The van der Waals surface area contributed by atoms with Crippen molar-refractivity contribution in [1.82, 2.24) is 0 Å². The topological polar surface area (TPSA) is 62.1 Å². The molecule has 0 saturated heterocycles. The number of nitrogens with zero attached hydrogens (tertiary/aromatic N) is 1. The number of halogens is 2. The monoisotopic (exact) mass is 390 g/mol. The number of amides is 1. The zero-order valence-corrected chi connectivity index (χ0v) is 14.5. The largest absolute Gasteiger partial charge is 0.496 e. The van der Waals surface area contributed by atoms with Crippen LogP contribution in [0.25, 0.3) is 6.08 Å². The first-order valence-electron chi connectivity index (χ1n) is 6.55. The van der Waals surface area contributed by atoms with Crippen molar-refractivity contribution < 1.29 is 9.53 Å². The summed E-state index contributed by atoms with van der Waals surface area (Å²) in [7, 11) is 1.56. The Kier molecular flexibility index (Phi) is 5.80. The van der Waals surface area contributed by atoms with Crippen molar-refractivity contribution in [3.05, 3.63) is 63.1 Å². The first kappa shape index (κ1) is 17.1. The van der Waals surface area contributed by atoms with Gasteiger partial charge < -0.3 is 10.1 Å². The molecular formula is C17H12BrClN2O2. The highest BCUT2D eigenvalue weighted by atomic mass is 79.9. The van der Waals surface area contributed by atoms with Gasteiger partial charge in [-0.05, 0) is 57.9 Å². The maximum Gasteiger partial charge on any atom is 0.266 e. The fourth-order valence-corrected chi connectivity index (χ4v) is 2.60. The Balaban J connectivity index is 2.23. The lowest BCUT2D eigenvalue weighted by molar-refractivity contribution is -0.112. The number of benzene rings is 2. The SMILES string of the molecule is COc1ccc(C=C(C#N)C(=O)Nc2cccc(Cl)c2)cc1Br. The zero-order valence-electron chi connectivity index (χ0n) is 12.1. The minimum atomic E-state index is -0.498. The quantitative estimate of drug-likeness (QED) is 0.609. The summed E-state index contributed by atoms with van der Waals surface area (Å²) in [6.07, 6.45) is 1.50. The molecule has 2 rings (SSSR count). The molecule has 0 spiro atoms. The third kappa shape index (κ3) is 4.59. The molecule has 0 aliphatic rings. The van der Waals surface area contributed by atoms with Gasteiger partial charge in [0.2, 0.25) is 0 Å². The van der Waals surface area contributed by atoms with Gasteiger partial charge >= 0.3 is 0 Å². The number of methoxy groups -OCH3 is 1. The van der Waals surface area contributed by atoms with Crippen LogP contribution in [-0.4, -0.2) is 13.0 Å². The average molecular weight is 392 g/mol. The van der Waals surface area contributed by atoms with E-state index >= 15 is 0 Å². The number of ether oxygens (including phenoxy) is 1. The summed E-state index contributed by atoms with van der Waals surface area (Å²) in [6.45, 7) is 0. The molecule has 0 radical (unpaired) electrons. The van der Waals surface area contributed by atoms with Crippen LogP contribution in [0.15, 0.2) is 52.5 Å². The predicted molar refractivity (Wildman–Crippen MR) is 94.4 cm³/mol. The Morgan fingerprint density at radius 2 is 2.13 bits per heavy atom. The lowest BCUT2D eigenvalue weighted by atomic mass is 10.1. The van der Waals surface area contributed by atoms with Gasteiger partial charge in [0.15, 0.2) is 0 Å². The molecule has 0 fully saturated rings. The smallest absolute Gasteiger partial charge is 0.266 e. The van der Waals surface area contributed by atoms with E-state index in [2.05, 4.69) is 21.2 Å². The number of carbonyl (C=O) groups excluding carboxylic acids is 1. The zero-order chi connectivity index (χ0) is 16.8. The van der Waals surface area contributed by atoms with E-state index in [0.29, 0.717) is 22.0 Å². The van der Waals surface area contributed by atoms with E-state index < -0.39 is 5.91 Å². The average Bonchev–Trinajstić information content (AvgIpc) is 2.52. The van der Waals surface area contributed by atoms with Crippen molar-refractivity contribution >= 4 is 45.2 Å². The van der Waals surface area contributed by atoms with E-state index in [4.69, 9.17) is 16.3 Å². The van der Waals surface area contributed by atoms with Crippen LogP contribution in [0.4, 0.5) is 5.69 Å². The summed E-state index contributed by atoms with van der Waals surface area (Å²) < 4.78 is 5.88. The summed E-state index contributed by atoms with van der Waals surface area (Å²) >= 11 is 9.24. The van der Waals surface area contributed by atoms with Crippen molar-refractivity contribution in [3.8, 4) is 11.8 Å². The van der Waals surface area contributed by atoms with Gasteiger partial charge in [0.05, 0.1) is 11.6 Å². The first-order chi connectivity index (χ1) is 11.0. The highest BCUT2D eigenvalue weighted by Crippen LogP contribution is 2.26. The van der Waals surface area contributed by atoms with Crippen LogP contribution in [0.5, 0.6) is 5.75 Å². The fraction of sp³-hybridized carbons (Fsp3) is 0.0588. The highest BCUT2D eigenvalue weighted by molar-refractivity contribution is 9.10. The van der Waals surface area contributed by atoms with Crippen molar-refractivity contribution in [1.29, 1.82) is 5.26 Å². The molecule has 0 aliphatic carbocycles. The van der Waals surface area contributed by atoms with Crippen LogP contribution in [0.1, 0.15) is 5.56 Å². The van der Waals surface area contributed by atoms with Crippen LogP contribution in [0.3, 0.4) is 0 Å². The molecule has 2 aromatic rings. The molecular weight excluding hydrogens is 380 g/mol. The molecule has 0 atom stereocenters. The second kappa shape index (κ2) is 7.82. The minimum Gasteiger partial charge on any atom is -0.496 e. The fourth-order valence-electron chi connectivity index (χ4n) is 1.85. The Morgan fingerprint density at radius 3 is 2.74 bits per heavy atom. The van der Waals surface area contributed by atoms with E-state index in [9.17, 15) is 10.1 Å². The van der Waals surface area contributed by atoms with E-state index in [1.54, 1.807) is 49.6 Å². The molecule has 0 heterocycles. The molecule has 116 valence electrons. The third-order valence-electron chi connectivity index (χ3n) is 2.93. The van der Waals surface area contributed by atoms with Crippen LogP contribution in [-0.2, 0) is 4.79 Å². The number of rotatable bonds is 4. The van der Waals surface area contributed by atoms with Gasteiger partial charge in [-0.25, -0.2) is 0 Å². The highest BCUT2D eigenvalue weighted by Gasteiger charge is 2.10. The van der Waals surface area contributed by atoms with E-state index in [1.165, 1.54) is 6.08 Å². The molecule has 0 aliphatic heterocycles. The van der Waals surface area contributed by atoms with Crippen LogP contribution < -0.4 is 10.1 Å². The molecule has 1 N–H and O–H groups in total. The van der Waals surface area contributed by atoms with Crippen molar-refractivity contribution in [2.75, 3.05) is 12.4 Å². The summed E-state index contributed by atoms with van der Waals surface area (Å²) in [5.41, 5.74) is 1.22. The second-order valence-corrected chi connectivity index (χ2v) is 5.82. The Bertz CT molecular complexity index is 812. The number of carbonyl (C=O) groups is 1. The van der Waals surface area contributed by atoms with E-state index in [0.717, 1.165) is 4.47 Å². The normalized spacial score (nSPS) is 10.8. The number of hydrogen-bond acceptors (Lipinski definition) is 3. The van der Waals surface area contributed by atoms with Crippen LogP contribution >= 0.6 is 27.5 Å². The van der Waals surface area contributed by atoms with Gasteiger partial charge in [-0.15, -0.1) is 0 Å². The molecule has 0 aromatic heterocycles. The number of nitriles is 1. The van der Waals surface area contributed by atoms with Gasteiger partial charge in [0.25, 0.3) is 5.91 Å². The summed E-state index contributed by atoms with van der Waals surface area (Å²) in [6, 6.07) is 13.9. The Hall–Kier alpha value is -2.29. The maximum atomic E-state index is 12.2. The van der Waals surface area contributed by atoms with Crippen LogP contribution in [0, 0.1) is 11.3 Å². The summed E-state index contributed by atoms with van der Waals surface area (Å²) in [5.74, 6) is 0.172. The standard InChI is InChI=1S/C17H12BrClN2O2/c1-23-16-6-5-11(8-15(16)18)7-12(10-20)17(22)21-14-4-2-3-13(19)9-14/h2-9H,1H3,(H,21,22). The first-order valence-corrected chi connectivity index (χ1v) is 7.73. The molecule has 6 heteroatoms. The van der Waals surface area contributed by atoms with Gasteiger partial charge in [0, 0.05) is 10.7 Å². The maximum absolute atomic E-state index is 12.2. The van der Waals surface area contributed by atoms with Crippen LogP contribution in [0.2, 0.25) is 5.02 Å². The number of nitrogens with one attached hydrogen (secondary N) is 1. The Labute approximate surface area is 147 Å². The third-order valence-corrected chi connectivity index (χ3v) is 3.79. The van der Waals surface area contributed by atoms with E-state index in [-0.39, 0.29) is 5.57 Å². The molecule has 23 heavy (non-hydrogen) atoms. The number of hydrogen-bond donors (Lipinski definition) is 1. The predicted octanol–water partition coefficient (Wildman–Crippen LogP) is 4.66. The number of anilines is 1. The molecule has 0 unspecified atom stereocenters. The minimum absolute atomic E-state index is 0.0120. The molecule has 1 amide bonds. The van der Waals surface area contributed by atoms with Gasteiger partial charge in [-0.1, -0.05) is 23.7 Å².